The maximum absolute atomic E-state index is 12.5. The highest BCUT2D eigenvalue weighted by Crippen LogP contribution is 2.18. The maximum atomic E-state index is 12.5. The highest BCUT2D eigenvalue weighted by molar-refractivity contribution is 5.86. The molecule has 0 bridgehead atoms. The molecule has 20 heavy (non-hydrogen) atoms. The van der Waals surface area contributed by atoms with Crippen LogP contribution in [0.5, 0.6) is 5.75 Å². The number of carboxylic acid groups (broad SMARTS) is 1. The van der Waals surface area contributed by atoms with Crippen LogP contribution in [0.2, 0.25) is 0 Å². The number of hydrogen-bond acceptors (Lipinski definition) is 3. The van der Waals surface area contributed by atoms with Crippen LogP contribution >= 0.6 is 0 Å². The molecule has 1 amide bonds. The van der Waals surface area contributed by atoms with Gasteiger partial charge < -0.3 is 15.2 Å². The number of halogens is 1. The summed E-state index contributed by atoms with van der Waals surface area (Å²) < 4.78 is 18.0. The average Bonchev–Trinajstić information content (AvgIpc) is 2.43. The number of benzene rings is 1. The fourth-order valence-corrected chi connectivity index (χ4v) is 1.60. The number of hydrogen-bond donors (Lipinski definition) is 2. The lowest BCUT2D eigenvalue weighted by Gasteiger charge is -2.20. The van der Waals surface area contributed by atoms with Gasteiger partial charge in [-0.05, 0) is 25.0 Å². The number of nitrogens with one attached hydrogen (secondary N) is 1. The largest absolute Gasteiger partial charge is 0.480 e. The second kappa shape index (κ2) is 7.47. The van der Waals surface area contributed by atoms with Crippen molar-refractivity contribution in [2.45, 2.75) is 32.4 Å². The third kappa shape index (κ3) is 4.22. The van der Waals surface area contributed by atoms with E-state index in [0.29, 0.717) is 12.2 Å². The first kappa shape index (κ1) is 15.9. The number of para-hydroxylation sites is 1. The third-order valence-corrected chi connectivity index (χ3v) is 2.79. The Kier molecular flexibility index (Phi) is 5.96. The SMILES string of the molecule is CCC(Oc1ccccc1C)C(=O)NC(CF)C(=O)O. The molecule has 1 rings (SSSR count). The summed E-state index contributed by atoms with van der Waals surface area (Å²) in [7, 11) is 0. The van der Waals surface area contributed by atoms with Crippen molar-refractivity contribution >= 4 is 11.9 Å². The number of aryl methyl sites for hydroxylation is 1. The molecule has 2 N–H and O–H groups in total. The molecule has 0 aliphatic carbocycles. The van der Waals surface area contributed by atoms with Gasteiger partial charge in [0.05, 0.1) is 0 Å². The van der Waals surface area contributed by atoms with Gasteiger partial charge in [-0.15, -0.1) is 0 Å². The van der Waals surface area contributed by atoms with E-state index in [1.54, 1.807) is 19.1 Å². The van der Waals surface area contributed by atoms with Gasteiger partial charge >= 0.3 is 5.97 Å². The fraction of sp³-hybridized carbons (Fsp3) is 0.429. The predicted molar refractivity (Wildman–Crippen MR) is 71.4 cm³/mol. The van der Waals surface area contributed by atoms with E-state index in [1.807, 2.05) is 19.1 Å². The summed E-state index contributed by atoms with van der Waals surface area (Å²) in [5.74, 6) is -1.51. The van der Waals surface area contributed by atoms with Crippen molar-refractivity contribution in [2.75, 3.05) is 6.67 Å². The van der Waals surface area contributed by atoms with Crippen LogP contribution in [0.25, 0.3) is 0 Å². The molecule has 1 aromatic rings. The van der Waals surface area contributed by atoms with Crippen LogP contribution < -0.4 is 10.1 Å². The highest BCUT2D eigenvalue weighted by Gasteiger charge is 2.25. The van der Waals surface area contributed by atoms with E-state index in [1.165, 1.54) is 0 Å². The second-order valence-corrected chi connectivity index (χ2v) is 4.33. The Hall–Kier alpha value is -2.11. The summed E-state index contributed by atoms with van der Waals surface area (Å²) in [4.78, 5) is 22.6. The van der Waals surface area contributed by atoms with Crippen molar-refractivity contribution in [2.24, 2.45) is 0 Å². The molecule has 110 valence electrons. The first-order valence-electron chi connectivity index (χ1n) is 6.31. The maximum Gasteiger partial charge on any atom is 0.328 e. The van der Waals surface area contributed by atoms with Crippen molar-refractivity contribution in [3.05, 3.63) is 29.8 Å². The number of aliphatic carboxylic acids is 1. The van der Waals surface area contributed by atoms with Crippen molar-refractivity contribution in [3.63, 3.8) is 0 Å². The Morgan fingerprint density at radius 3 is 2.55 bits per heavy atom. The van der Waals surface area contributed by atoms with Crippen molar-refractivity contribution in [3.8, 4) is 5.75 Å². The zero-order valence-corrected chi connectivity index (χ0v) is 11.4. The molecular formula is C14H18FNO4. The van der Waals surface area contributed by atoms with Gasteiger partial charge in [-0.1, -0.05) is 25.1 Å². The Morgan fingerprint density at radius 1 is 1.40 bits per heavy atom. The minimum absolute atomic E-state index is 0.346. The van der Waals surface area contributed by atoms with Gasteiger partial charge in [0.2, 0.25) is 0 Å². The van der Waals surface area contributed by atoms with Gasteiger partial charge in [0.1, 0.15) is 12.4 Å². The smallest absolute Gasteiger partial charge is 0.328 e. The molecule has 0 fully saturated rings. The van der Waals surface area contributed by atoms with Gasteiger partial charge in [-0.2, -0.15) is 0 Å². The molecule has 5 nitrogen and oxygen atoms in total. The van der Waals surface area contributed by atoms with Crippen molar-refractivity contribution in [1.29, 1.82) is 0 Å². The Bertz CT molecular complexity index is 478. The van der Waals surface area contributed by atoms with E-state index in [-0.39, 0.29) is 0 Å². The summed E-state index contributed by atoms with van der Waals surface area (Å²) in [5.41, 5.74) is 0.860. The van der Waals surface area contributed by atoms with Gasteiger partial charge in [0.15, 0.2) is 12.1 Å². The lowest BCUT2D eigenvalue weighted by molar-refractivity contribution is -0.143. The van der Waals surface area contributed by atoms with E-state index in [2.05, 4.69) is 5.32 Å². The minimum atomic E-state index is -1.54. The third-order valence-electron chi connectivity index (χ3n) is 2.79. The van der Waals surface area contributed by atoms with Crippen LogP contribution in [0, 0.1) is 6.92 Å². The van der Waals surface area contributed by atoms with Gasteiger partial charge in [0.25, 0.3) is 5.91 Å². The van der Waals surface area contributed by atoms with Crippen molar-refractivity contribution < 1.29 is 23.8 Å². The second-order valence-electron chi connectivity index (χ2n) is 4.33. The lowest BCUT2D eigenvalue weighted by atomic mass is 10.2. The van der Waals surface area contributed by atoms with Crippen LogP contribution in [0.1, 0.15) is 18.9 Å². The minimum Gasteiger partial charge on any atom is -0.480 e. The zero-order valence-electron chi connectivity index (χ0n) is 11.4. The van der Waals surface area contributed by atoms with E-state index >= 15 is 0 Å². The number of rotatable bonds is 7. The molecular weight excluding hydrogens is 265 g/mol. The molecule has 0 heterocycles. The van der Waals surface area contributed by atoms with Gasteiger partial charge in [-0.3, -0.25) is 4.79 Å². The van der Waals surface area contributed by atoms with E-state index in [9.17, 15) is 14.0 Å². The van der Waals surface area contributed by atoms with Crippen LogP contribution in [-0.4, -0.2) is 35.8 Å². The summed E-state index contributed by atoms with van der Waals surface area (Å²) in [6, 6.07) is 5.62. The number of carbonyl (C=O) groups is 2. The quantitative estimate of drug-likeness (QED) is 0.798. The summed E-state index contributed by atoms with van der Waals surface area (Å²) in [6.45, 7) is 2.40. The lowest BCUT2D eigenvalue weighted by Crippen LogP contribution is -2.48. The molecule has 1 aromatic carbocycles. The van der Waals surface area contributed by atoms with Crippen LogP contribution in [0.15, 0.2) is 24.3 Å². The highest BCUT2D eigenvalue weighted by atomic mass is 19.1. The van der Waals surface area contributed by atoms with Gasteiger partial charge in [-0.25, -0.2) is 9.18 Å². The Balaban J connectivity index is 2.73. The molecule has 0 aromatic heterocycles. The summed E-state index contributed by atoms with van der Waals surface area (Å²) >= 11 is 0. The van der Waals surface area contributed by atoms with Crippen molar-refractivity contribution in [1.82, 2.24) is 5.32 Å². The molecule has 0 aliphatic rings. The molecule has 0 saturated heterocycles. The van der Waals surface area contributed by atoms with Crippen LogP contribution in [-0.2, 0) is 9.59 Å². The fourth-order valence-electron chi connectivity index (χ4n) is 1.60. The molecule has 2 atom stereocenters. The monoisotopic (exact) mass is 283 g/mol. The summed E-state index contributed by atoms with van der Waals surface area (Å²) in [5, 5.41) is 10.8. The molecule has 0 aliphatic heterocycles. The zero-order chi connectivity index (χ0) is 15.1. The number of alkyl halides is 1. The Labute approximate surface area is 116 Å². The number of amides is 1. The molecule has 0 radical (unpaired) electrons. The first-order chi connectivity index (χ1) is 9.49. The van der Waals surface area contributed by atoms with E-state index in [0.717, 1.165) is 5.56 Å². The van der Waals surface area contributed by atoms with E-state index < -0.39 is 30.7 Å². The molecule has 2 unspecified atom stereocenters. The van der Waals surface area contributed by atoms with Gasteiger partial charge in [0, 0.05) is 0 Å². The van der Waals surface area contributed by atoms with Crippen LogP contribution in [0.3, 0.4) is 0 Å². The average molecular weight is 283 g/mol. The number of carbonyl (C=O) groups excluding carboxylic acids is 1. The molecule has 6 heteroatoms. The van der Waals surface area contributed by atoms with Crippen LogP contribution in [0.4, 0.5) is 4.39 Å². The first-order valence-corrected chi connectivity index (χ1v) is 6.31. The molecule has 0 spiro atoms. The topological polar surface area (TPSA) is 75.6 Å². The summed E-state index contributed by atoms with van der Waals surface area (Å²) in [6.07, 6.45) is -0.511. The number of ether oxygens (including phenoxy) is 1. The number of carboxylic acids is 1. The van der Waals surface area contributed by atoms with E-state index in [4.69, 9.17) is 9.84 Å². The normalized spacial score (nSPS) is 13.3. The molecule has 0 saturated carbocycles. The Morgan fingerprint density at radius 2 is 2.05 bits per heavy atom. The predicted octanol–water partition coefficient (Wildman–Crippen LogP) is 1.69. The standard InChI is InChI=1S/C14H18FNO4/c1-3-11(13(17)16-10(8-15)14(18)19)20-12-7-5-4-6-9(12)2/h4-7,10-11H,3,8H2,1-2H3,(H,16,17)(H,18,19).